The third kappa shape index (κ3) is 5.06. The van der Waals surface area contributed by atoms with Gasteiger partial charge in [0.1, 0.15) is 5.16 Å². The number of rotatable bonds is 5. The molecule has 2 aromatic rings. The van der Waals surface area contributed by atoms with E-state index in [4.69, 9.17) is 0 Å². The summed E-state index contributed by atoms with van der Waals surface area (Å²) in [7, 11) is -3.20. The normalized spacial score (nSPS) is 16.7. The van der Waals surface area contributed by atoms with Crippen molar-refractivity contribution in [2.24, 2.45) is 0 Å². The monoisotopic (exact) mass is 517 g/mol. The van der Waals surface area contributed by atoms with Crippen LogP contribution < -0.4 is 0 Å². The fourth-order valence-corrected chi connectivity index (χ4v) is 6.94. The first kappa shape index (κ1) is 27.1. The van der Waals surface area contributed by atoms with Gasteiger partial charge in [-0.15, -0.1) is 0 Å². The maximum absolute atomic E-state index is 13.8. The van der Waals surface area contributed by atoms with Gasteiger partial charge in [0.25, 0.3) is 0 Å². The van der Waals surface area contributed by atoms with E-state index in [9.17, 15) is 40.5 Å². The summed E-state index contributed by atoms with van der Waals surface area (Å²) in [5, 5.41) is -2.16. The second-order valence-corrected chi connectivity index (χ2v) is 10.9. The maximum Gasteiger partial charge on any atom is 0.417 e. The molecule has 3 rings (SSSR count). The zero-order valence-corrected chi connectivity index (χ0v) is 20.3. The van der Waals surface area contributed by atoms with Gasteiger partial charge in [-0.3, -0.25) is 14.2 Å². The summed E-state index contributed by atoms with van der Waals surface area (Å²) in [6, 6.07) is 4.73. The van der Waals surface area contributed by atoms with Crippen LogP contribution in [0.5, 0.6) is 0 Å². The lowest BCUT2D eigenvalue weighted by molar-refractivity contribution is -0.143. The standard InChI is InChI=1S/C25H24F6O3P/c1-14-12-15(2)19(16(3)13-14)22(33)35(34)23(10-5-4-6-11-23)21(32)20-17(24(26,27)28)8-7-9-18(20)25(29,30)31/h7-9,12-13H,4-6,10-11H2,1-3H3. The minimum atomic E-state index is -5.26. The quantitative estimate of drug-likeness (QED) is 0.228. The molecule has 0 saturated heterocycles. The van der Waals surface area contributed by atoms with Crippen LogP contribution in [0.3, 0.4) is 0 Å². The highest BCUT2D eigenvalue weighted by Gasteiger charge is 2.53. The lowest BCUT2D eigenvalue weighted by Crippen LogP contribution is -2.41. The Morgan fingerprint density at radius 2 is 1.26 bits per heavy atom. The van der Waals surface area contributed by atoms with E-state index in [1.165, 1.54) is 0 Å². The summed E-state index contributed by atoms with van der Waals surface area (Å²) in [5.74, 6) is -1.53. The van der Waals surface area contributed by atoms with Gasteiger partial charge in [0, 0.05) is 11.1 Å². The van der Waals surface area contributed by atoms with E-state index in [1.807, 2.05) is 0 Å². The summed E-state index contributed by atoms with van der Waals surface area (Å²) in [5.41, 5.74) is -4.14. The van der Waals surface area contributed by atoms with E-state index in [2.05, 4.69) is 0 Å². The molecule has 1 atom stereocenters. The molecule has 0 aromatic heterocycles. The van der Waals surface area contributed by atoms with Gasteiger partial charge in [0.05, 0.1) is 11.1 Å². The smallest absolute Gasteiger partial charge is 0.293 e. The van der Waals surface area contributed by atoms with E-state index in [-0.39, 0.29) is 31.2 Å². The minimum Gasteiger partial charge on any atom is -0.293 e. The van der Waals surface area contributed by atoms with Crippen LogP contribution in [0.25, 0.3) is 0 Å². The van der Waals surface area contributed by atoms with Crippen molar-refractivity contribution in [3.63, 3.8) is 0 Å². The molecule has 2 aromatic carbocycles. The average Bonchev–Trinajstić information content (AvgIpc) is 2.76. The lowest BCUT2D eigenvalue weighted by Gasteiger charge is -2.35. The highest BCUT2D eigenvalue weighted by atomic mass is 31.1. The van der Waals surface area contributed by atoms with Crippen molar-refractivity contribution in [1.82, 2.24) is 0 Å². The first-order chi connectivity index (χ1) is 16.1. The summed E-state index contributed by atoms with van der Waals surface area (Å²) < 4.78 is 96.4. The molecule has 1 fully saturated rings. The van der Waals surface area contributed by atoms with E-state index in [1.54, 1.807) is 32.9 Å². The molecule has 35 heavy (non-hydrogen) atoms. The van der Waals surface area contributed by atoms with Crippen molar-refractivity contribution in [2.75, 3.05) is 0 Å². The molecule has 0 aliphatic heterocycles. The SMILES string of the molecule is Cc1cc(C)c(C(=O)[P](=O)C2(C(=O)c3c(C(F)(F)F)cccc3C(F)(F)F)CCCCC2)c(C)c1. The molecule has 0 heterocycles. The molecule has 1 radical (unpaired) electrons. The van der Waals surface area contributed by atoms with Crippen LogP contribution in [-0.2, 0) is 16.9 Å². The summed E-state index contributed by atoms with van der Waals surface area (Å²) in [4.78, 5) is 27.1. The molecule has 189 valence electrons. The summed E-state index contributed by atoms with van der Waals surface area (Å²) in [6.07, 6.45) is -9.94. The van der Waals surface area contributed by atoms with Crippen LogP contribution in [-0.4, -0.2) is 16.5 Å². The third-order valence-corrected chi connectivity index (χ3v) is 8.49. The molecular weight excluding hydrogens is 493 g/mol. The Kier molecular flexibility index (Phi) is 7.34. The molecule has 3 nitrogen and oxygen atoms in total. The van der Waals surface area contributed by atoms with E-state index in [0.717, 1.165) is 5.56 Å². The van der Waals surface area contributed by atoms with Gasteiger partial charge in [0.2, 0.25) is 5.52 Å². The van der Waals surface area contributed by atoms with Crippen LogP contribution in [0.1, 0.15) is 80.6 Å². The fraction of sp³-hybridized carbons (Fsp3) is 0.440. The number of ketones is 1. The predicted octanol–water partition coefficient (Wildman–Crippen LogP) is 8.20. The number of aryl methyl sites for hydroxylation is 3. The van der Waals surface area contributed by atoms with Gasteiger partial charge in [0.15, 0.2) is 13.6 Å². The molecule has 0 bridgehead atoms. The van der Waals surface area contributed by atoms with Gasteiger partial charge in [-0.25, -0.2) is 0 Å². The zero-order chi connectivity index (χ0) is 26.3. The third-order valence-electron chi connectivity index (χ3n) is 6.47. The Morgan fingerprint density at radius 3 is 1.69 bits per heavy atom. The molecule has 10 heteroatoms. The largest absolute Gasteiger partial charge is 0.417 e. The Morgan fingerprint density at radius 1 is 0.800 bits per heavy atom. The number of Topliss-reactive ketones (excluding diaryl/α,β-unsaturated/α-hetero) is 1. The number of halogens is 6. The van der Waals surface area contributed by atoms with Crippen molar-refractivity contribution in [2.45, 2.75) is 70.4 Å². The first-order valence-electron chi connectivity index (χ1n) is 11.0. The highest BCUT2D eigenvalue weighted by Crippen LogP contribution is 2.55. The van der Waals surface area contributed by atoms with E-state index in [0.29, 0.717) is 35.7 Å². The Bertz CT molecular complexity index is 1140. The van der Waals surface area contributed by atoms with Crippen molar-refractivity contribution in [1.29, 1.82) is 0 Å². The molecule has 0 N–H and O–H groups in total. The highest BCUT2D eigenvalue weighted by molar-refractivity contribution is 7.67. The van der Waals surface area contributed by atoms with Crippen molar-refractivity contribution in [3.8, 4) is 0 Å². The predicted molar refractivity (Wildman–Crippen MR) is 119 cm³/mol. The average molecular weight is 517 g/mol. The van der Waals surface area contributed by atoms with Gasteiger partial charge in [-0.2, -0.15) is 26.3 Å². The lowest BCUT2D eigenvalue weighted by atomic mass is 9.80. The van der Waals surface area contributed by atoms with E-state index >= 15 is 0 Å². The topological polar surface area (TPSA) is 51.2 Å². The number of alkyl halides is 6. The van der Waals surface area contributed by atoms with Gasteiger partial charge >= 0.3 is 12.4 Å². The molecule has 1 aliphatic rings. The maximum atomic E-state index is 13.8. The van der Waals surface area contributed by atoms with Gasteiger partial charge < -0.3 is 0 Å². The Balaban J connectivity index is 2.25. The minimum absolute atomic E-state index is 0.0783. The van der Waals surface area contributed by atoms with Crippen LogP contribution in [0.4, 0.5) is 26.3 Å². The van der Waals surface area contributed by atoms with Crippen molar-refractivity contribution in [3.05, 3.63) is 69.3 Å². The second kappa shape index (κ2) is 9.49. The molecule has 0 amide bonds. The summed E-state index contributed by atoms with van der Waals surface area (Å²) >= 11 is 0. The van der Waals surface area contributed by atoms with Crippen molar-refractivity contribution >= 4 is 19.1 Å². The number of benzene rings is 2. The Labute approximate surface area is 199 Å². The molecule has 1 saturated carbocycles. The number of carbonyl (C=O) groups excluding carboxylic acids is 2. The summed E-state index contributed by atoms with van der Waals surface area (Å²) in [6.45, 7) is 4.99. The van der Waals surface area contributed by atoms with Gasteiger partial charge in [-0.1, -0.05) is 43.0 Å². The second-order valence-electron chi connectivity index (χ2n) is 9.02. The van der Waals surface area contributed by atoms with Crippen LogP contribution >= 0.6 is 7.80 Å². The number of hydrogen-bond donors (Lipinski definition) is 0. The molecular formula is C25H24F6O3P. The van der Waals surface area contributed by atoms with E-state index < -0.39 is 53.3 Å². The molecule has 1 aliphatic carbocycles. The van der Waals surface area contributed by atoms with Crippen LogP contribution in [0.15, 0.2) is 30.3 Å². The number of hydrogen-bond acceptors (Lipinski definition) is 3. The van der Waals surface area contributed by atoms with Crippen LogP contribution in [0.2, 0.25) is 0 Å². The fourth-order valence-electron chi connectivity index (χ4n) is 4.97. The molecule has 1 unspecified atom stereocenters. The number of carbonyl (C=O) groups is 2. The first-order valence-corrected chi connectivity index (χ1v) is 12.3. The van der Waals surface area contributed by atoms with Crippen LogP contribution in [0, 0.1) is 20.8 Å². The Hall–Kier alpha value is -2.54. The zero-order valence-electron chi connectivity index (χ0n) is 19.4. The molecule has 0 spiro atoms. The van der Waals surface area contributed by atoms with Gasteiger partial charge in [-0.05, 0) is 56.9 Å². The van der Waals surface area contributed by atoms with Crippen molar-refractivity contribution < 1.29 is 40.5 Å².